The van der Waals surface area contributed by atoms with Crippen LogP contribution in [-0.4, -0.2) is 11.6 Å². The fourth-order valence-electron chi connectivity index (χ4n) is 4.33. The van der Waals surface area contributed by atoms with E-state index in [1.807, 2.05) is 24.3 Å². The van der Waals surface area contributed by atoms with Crippen molar-refractivity contribution in [2.75, 3.05) is 0 Å². The van der Waals surface area contributed by atoms with Crippen molar-refractivity contribution in [3.8, 4) is 0 Å². The van der Waals surface area contributed by atoms with Crippen LogP contribution >= 0.6 is 0 Å². The van der Waals surface area contributed by atoms with Crippen molar-refractivity contribution in [3.05, 3.63) is 87.9 Å². The maximum absolute atomic E-state index is 13.5. The Balaban J connectivity index is 1.75. The molecular formula is C22H16FNO2. The molecule has 1 atom stereocenters. The number of benzene rings is 2. The molecule has 0 saturated heterocycles. The van der Waals surface area contributed by atoms with E-state index in [2.05, 4.69) is 5.32 Å². The second kappa shape index (κ2) is 5.49. The summed E-state index contributed by atoms with van der Waals surface area (Å²) in [5.41, 5.74) is 5.29. The van der Waals surface area contributed by atoms with Gasteiger partial charge in [0, 0.05) is 40.3 Å². The number of carbonyl (C=O) groups excluding carboxylic acids is 2. The van der Waals surface area contributed by atoms with Crippen molar-refractivity contribution in [2.24, 2.45) is 0 Å². The molecule has 128 valence electrons. The Morgan fingerprint density at radius 1 is 0.885 bits per heavy atom. The number of fused-ring (bicyclic) bond motifs is 2. The van der Waals surface area contributed by atoms with Crippen LogP contribution in [0.4, 0.5) is 4.39 Å². The van der Waals surface area contributed by atoms with E-state index in [-0.39, 0.29) is 17.4 Å². The number of ketones is 2. The van der Waals surface area contributed by atoms with Crippen LogP contribution in [0.1, 0.15) is 46.7 Å². The molecule has 0 radical (unpaired) electrons. The van der Waals surface area contributed by atoms with Gasteiger partial charge in [0.1, 0.15) is 5.82 Å². The number of halogens is 1. The van der Waals surface area contributed by atoms with Crippen LogP contribution in [0.15, 0.2) is 65.4 Å². The highest BCUT2D eigenvalue weighted by Crippen LogP contribution is 2.48. The lowest BCUT2D eigenvalue weighted by Crippen LogP contribution is -2.31. The van der Waals surface area contributed by atoms with Gasteiger partial charge in [0.25, 0.3) is 0 Å². The summed E-state index contributed by atoms with van der Waals surface area (Å²) in [7, 11) is 0. The van der Waals surface area contributed by atoms with Gasteiger partial charge < -0.3 is 5.32 Å². The fourth-order valence-corrected chi connectivity index (χ4v) is 4.33. The van der Waals surface area contributed by atoms with Crippen LogP contribution in [-0.2, 0) is 4.79 Å². The average molecular weight is 345 g/mol. The Kier molecular flexibility index (Phi) is 3.23. The largest absolute Gasteiger partial charge is 0.358 e. The zero-order valence-electron chi connectivity index (χ0n) is 14.0. The Bertz CT molecular complexity index is 1030. The van der Waals surface area contributed by atoms with Gasteiger partial charge in [0.2, 0.25) is 0 Å². The molecule has 0 saturated carbocycles. The zero-order chi connectivity index (χ0) is 17.8. The Labute approximate surface area is 150 Å². The van der Waals surface area contributed by atoms with E-state index in [0.717, 1.165) is 35.4 Å². The molecule has 2 aromatic carbocycles. The van der Waals surface area contributed by atoms with Gasteiger partial charge in [0.05, 0.1) is 5.70 Å². The minimum atomic E-state index is -0.436. The lowest BCUT2D eigenvalue weighted by molar-refractivity contribution is -0.116. The zero-order valence-corrected chi connectivity index (χ0v) is 14.0. The molecule has 1 heterocycles. The molecule has 0 spiro atoms. The first-order valence-corrected chi connectivity index (χ1v) is 8.82. The number of rotatable bonds is 1. The maximum Gasteiger partial charge on any atom is 0.192 e. The first-order valence-electron chi connectivity index (χ1n) is 8.82. The van der Waals surface area contributed by atoms with E-state index < -0.39 is 5.92 Å². The number of allylic oxidation sites excluding steroid dienone is 3. The van der Waals surface area contributed by atoms with E-state index >= 15 is 0 Å². The summed E-state index contributed by atoms with van der Waals surface area (Å²) in [5, 5.41) is 3.39. The van der Waals surface area contributed by atoms with Crippen LogP contribution in [0.5, 0.6) is 0 Å². The van der Waals surface area contributed by atoms with E-state index in [0.29, 0.717) is 23.1 Å². The summed E-state index contributed by atoms with van der Waals surface area (Å²) in [5.74, 6) is -0.748. The smallest absolute Gasteiger partial charge is 0.192 e. The van der Waals surface area contributed by atoms with Crippen LogP contribution in [0, 0.1) is 5.82 Å². The molecule has 0 aromatic heterocycles. The van der Waals surface area contributed by atoms with Gasteiger partial charge in [-0.1, -0.05) is 36.4 Å². The molecule has 0 bridgehead atoms. The molecule has 1 N–H and O–H groups in total. The second-order valence-corrected chi connectivity index (χ2v) is 6.94. The van der Waals surface area contributed by atoms with E-state index in [4.69, 9.17) is 0 Å². The Hall–Kier alpha value is -3.01. The third-order valence-electron chi connectivity index (χ3n) is 5.47. The van der Waals surface area contributed by atoms with Crippen LogP contribution in [0.3, 0.4) is 0 Å². The summed E-state index contributed by atoms with van der Waals surface area (Å²) in [4.78, 5) is 25.9. The summed E-state index contributed by atoms with van der Waals surface area (Å²) < 4.78 is 13.5. The average Bonchev–Trinajstić information content (AvgIpc) is 2.94. The summed E-state index contributed by atoms with van der Waals surface area (Å²) in [6, 6.07) is 13.6. The number of hydrogen-bond acceptors (Lipinski definition) is 3. The Morgan fingerprint density at radius 3 is 2.38 bits per heavy atom. The molecule has 1 aliphatic heterocycles. The monoisotopic (exact) mass is 345 g/mol. The van der Waals surface area contributed by atoms with E-state index in [1.165, 1.54) is 12.1 Å². The normalized spacial score (nSPS) is 21.3. The Morgan fingerprint density at radius 2 is 1.62 bits per heavy atom. The van der Waals surface area contributed by atoms with Crippen molar-refractivity contribution in [1.82, 2.24) is 5.32 Å². The van der Waals surface area contributed by atoms with Gasteiger partial charge in [-0.2, -0.15) is 0 Å². The highest BCUT2D eigenvalue weighted by atomic mass is 19.1. The van der Waals surface area contributed by atoms with Gasteiger partial charge >= 0.3 is 0 Å². The van der Waals surface area contributed by atoms with Crippen LogP contribution in [0.2, 0.25) is 0 Å². The number of hydrogen-bond donors (Lipinski definition) is 1. The molecule has 3 aliphatic rings. The van der Waals surface area contributed by atoms with Crippen molar-refractivity contribution >= 4 is 17.3 Å². The SMILES string of the molecule is O=C1CCCC2=C1[C@H](c1ccc(F)cc1)C1=C(N2)c2ccccc2C1=O. The minimum absolute atomic E-state index is 0.0534. The predicted molar refractivity (Wildman–Crippen MR) is 95.9 cm³/mol. The third-order valence-corrected chi connectivity index (χ3v) is 5.47. The predicted octanol–water partition coefficient (Wildman–Crippen LogP) is 4.13. The van der Waals surface area contributed by atoms with Crippen LogP contribution < -0.4 is 5.32 Å². The van der Waals surface area contributed by atoms with Gasteiger partial charge in [-0.15, -0.1) is 0 Å². The molecule has 0 fully saturated rings. The first kappa shape index (κ1) is 15.3. The molecule has 4 heteroatoms. The quantitative estimate of drug-likeness (QED) is 0.845. The summed E-state index contributed by atoms with van der Waals surface area (Å²) in [6.07, 6.45) is 2.08. The molecule has 0 amide bonds. The van der Waals surface area contributed by atoms with Crippen molar-refractivity contribution in [3.63, 3.8) is 0 Å². The van der Waals surface area contributed by atoms with Gasteiger partial charge in [0.15, 0.2) is 11.6 Å². The molecule has 3 nitrogen and oxygen atoms in total. The van der Waals surface area contributed by atoms with Gasteiger partial charge in [-0.3, -0.25) is 9.59 Å². The van der Waals surface area contributed by atoms with Crippen LogP contribution in [0.25, 0.3) is 5.70 Å². The first-order chi connectivity index (χ1) is 12.6. The van der Waals surface area contributed by atoms with E-state index in [1.54, 1.807) is 12.1 Å². The molecule has 2 aromatic rings. The number of carbonyl (C=O) groups is 2. The summed E-state index contributed by atoms with van der Waals surface area (Å²) in [6.45, 7) is 0. The molecular weight excluding hydrogens is 329 g/mol. The summed E-state index contributed by atoms with van der Waals surface area (Å²) >= 11 is 0. The standard InChI is InChI=1S/C22H16FNO2/c23-13-10-8-12(9-11-13)18-19-16(6-3-7-17(19)25)24-21-14-4-1-2-5-15(14)22(26)20(18)21/h1-2,4-5,8-11,18,24H,3,6-7H2/t18-/m0/s1. The minimum Gasteiger partial charge on any atom is -0.358 e. The third kappa shape index (κ3) is 2.05. The van der Waals surface area contributed by atoms with E-state index in [9.17, 15) is 14.0 Å². The lowest BCUT2D eigenvalue weighted by atomic mass is 9.75. The maximum atomic E-state index is 13.5. The van der Waals surface area contributed by atoms with Gasteiger partial charge in [-0.05, 0) is 30.5 Å². The topological polar surface area (TPSA) is 46.2 Å². The second-order valence-electron chi connectivity index (χ2n) is 6.94. The van der Waals surface area contributed by atoms with Crippen molar-refractivity contribution < 1.29 is 14.0 Å². The molecule has 2 aliphatic carbocycles. The van der Waals surface area contributed by atoms with Crippen molar-refractivity contribution in [1.29, 1.82) is 0 Å². The fraction of sp³-hybridized carbons (Fsp3) is 0.182. The highest BCUT2D eigenvalue weighted by Gasteiger charge is 2.43. The molecule has 0 unspecified atom stereocenters. The number of dihydropyridines is 1. The highest BCUT2D eigenvalue weighted by molar-refractivity contribution is 6.23. The lowest BCUT2D eigenvalue weighted by Gasteiger charge is -2.33. The van der Waals surface area contributed by atoms with Crippen molar-refractivity contribution in [2.45, 2.75) is 25.2 Å². The van der Waals surface area contributed by atoms with Gasteiger partial charge in [-0.25, -0.2) is 4.39 Å². The number of Topliss-reactive ketones (excluding diaryl/α,β-unsaturated/α-hetero) is 2. The number of nitrogens with one attached hydrogen (secondary N) is 1. The molecule has 26 heavy (non-hydrogen) atoms. The molecule has 5 rings (SSSR count).